The van der Waals surface area contributed by atoms with Gasteiger partial charge in [0.25, 0.3) is 0 Å². The van der Waals surface area contributed by atoms with Crippen LogP contribution in [0.4, 0.5) is 24.5 Å². The van der Waals surface area contributed by atoms with Crippen molar-refractivity contribution in [1.29, 1.82) is 0 Å². The van der Waals surface area contributed by atoms with E-state index in [0.717, 1.165) is 17.7 Å². The summed E-state index contributed by atoms with van der Waals surface area (Å²) in [5, 5.41) is 2.63. The highest BCUT2D eigenvalue weighted by Gasteiger charge is 2.41. The van der Waals surface area contributed by atoms with Crippen molar-refractivity contribution >= 4 is 23.2 Å². The molecule has 1 unspecified atom stereocenters. The van der Waals surface area contributed by atoms with Gasteiger partial charge in [0, 0.05) is 23.2 Å². The summed E-state index contributed by atoms with van der Waals surface area (Å²) in [6, 6.07) is 10.8. The minimum absolute atomic E-state index is 0.190. The minimum Gasteiger partial charge on any atom is -0.324 e. The maximum Gasteiger partial charge on any atom is 0.416 e. The number of nitrogens with zero attached hydrogens (tertiary/aromatic N) is 1. The first-order valence-corrected chi connectivity index (χ1v) is 8.88. The first-order valence-electron chi connectivity index (χ1n) is 8.88. The Balaban J connectivity index is 1.85. The molecule has 0 aliphatic carbocycles. The molecule has 0 radical (unpaired) electrons. The predicted octanol–water partition coefficient (Wildman–Crippen LogP) is 4.65. The Bertz CT molecular complexity index is 899. The Labute approximate surface area is 161 Å². The van der Waals surface area contributed by atoms with Gasteiger partial charge in [-0.3, -0.25) is 14.5 Å². The number of fused-ring (bicyclic) bond motifs is 1. The van der Waals surface area contributed by atoms with Crippen LogP contribution in [0.1, 0.15) is 31.9 Å². The number of para-hydroxylation sites is 1. The van der Waals surface area contributed by atoms with Gasteiger partial charge in [-0.15, -0.1) is 0 Å². The smallest absolute Gasteiger partial charge is 0.324 e. The molecule has 0 spiro atoms. The van der Waals surface area contributed by atoms with E-state index < -0.39 is 29.1 Å². The van der Waals surface area contributed by atoms with Crippen molar-refractivity contribution in [2.45, 2.75) is 39.4 Å². The zero-order valence-corrected chi connectivity index (χ0v) is 15.8. The Morgan fingerprint density at radius 3 is 2.18 bits per heavy atom. The molecule has 1 atom stereocenters. The van der Waals surface area contributed by atoms with Crippen LogP contribution in [-0.4, -0.2) is 17.9 Å². The van der Waals surface area contributed by atoms with E-state index in [4.69, 9.17) is 0 Å². The summed E-state index contributed by atoms with van der Waals surface area (Å²) >= 11 is 0. The highest BCUT2D eigenvalue weighted by atomic mass is 19.4. The van der Waals surface area contributed by atoms with Gasteiger partial charge in [0.2, 0.25) is 11.8 Å². The first-order chi connectivity index (χ1) is 13.0. The molecule has 1 aliphatic heterocycles. The number of hydrogen-bond donors (Lipinski definition) is 1. The maximum atomic E-state index is 13.0. The number of benzene rings is 2. The Kier molecular flexibility index (Phi) is 4.95. The van der Waals surface area contributed by atoms with E-state index in [2.05, 4.69) is 5.32 Å². The summed E-state index contributed by atoms with van der Waals surface area (Å²) in [6.45, 7) is 5.34. The fourth-order valence-electron chi connectivity index (χ4n) is 3.18. The second-order valence-corrected chi connectivity index (χ2v) is 7.84. The minimum atomic E-state index is -4.44. The lowest BCUT2D eigenvalue weighted by molar-refractivity contribution is -0.137. The molecule has 0 fully saturated rings. The molecule has 1 heterocycles. The normalized spacial score (nSPS) is 16.6. The number of alkyl halides is 3. The van der Waals surface area contributed by atoms with E-state index in [9.17, 15) is 22.8 Å². The zero-order valence-electron chi connectivity index (χ0n) is 15.8. The molecule has 7 heteroatoms. The van der Waals surface area contributed by atoms with E-state index >= 15 is 0 Å². The second-order valence-electron chi connectivity index (χ2n) is 7.84. The number of carbonyl (C=O) groups is 2. The predicted molar refractivity (Wildman–Crippen MR) is 101 cm³/mol. The van der Waals surface area contributed by atoms with Crippen molar-refractivity contribution in [2.24, 2.45) is 5.41 Å². The molecule has 1 N–H and O–H groups in total. The highest BCUT2D eigenvalue weighted by molar-refractivity contribution is 6.08. The molecule has 28 heavy (non-hydrogen) atoms. The topological polar surface area (TPSA) is 49.4 Å². The van der Waals surface area contributed by atoms with Crippen LogP contribution in [0.2, 0.25) is 0 Å². The Morgan fingerprint density at radius 1 is 1.00 bits per heavy atom. The van der Waals surface area contributed by atoms with E-state index in [1.165, 1.54) is 17.0 Å². The van der Waals surface area contributed by atoms with Gasteiger partial charge >= 0.3 is 6.18 Å². The molecule has 148 valence electrons. The summed E-state index contributed by atoms with van der Waals surface area (Å²) in [4.78, 5) is 27.3. The van der Waals surface area contributed by atoms with E-state index in [-0.39, 0.29) is 11.6 Å². The third-order valence-corrected chi connectivity index (χ3v) is 4.62. The molecule has 0 saturated heterocycles. The van der Waals surface area contributed by atoms with Crippen molar-refractivity contribution in [3.63, 3.8) is 0 Å². The van der Waals surface area contributed by atoms with Gasteiger partial charge in [0.1, 0.15) is 6.04 Å². The van der Waals surface area contributed by atoms with Crippen LogP contribution in [0.15, 0.2) is 48.5 Å². The molecule has 2 aromatic carbocycles. The van der Waals surface area contributed by atoms with Crippen LogP contribution in [-0.2, 0) is 22.2 Å². The first kappa shape index (κ1) is 19.9. The molecule has 2 aromatic rings. The number of anilines is 2. The second kappa shape index (κ2) is 6.96. The van der Waals surface area contributed by atoms with Crippen LogP contribution in [0.25, 0.3) is 0 Å². The third kappa shape index (κ3) is 3.88. The van der Waals surface area contributed by atoms with Crippen molar-refractivity contribution in [3.05, 3.63) is 59.7 Å². The molecule has 0 aromatic heterocycles. The SMILES string of the molecule is CC(C)(C)C(=O)N1c2ccccc2CC1C(=O)Nc1ccc(C(F)(F)F)cc1. The highest BCUT2D eigenvalue weighted by Crippen LogP contribution is 2.36. The van der Waals surface area contributed by atoms with E-state index in [1.807, 2.05) is 12.1 Å². The lowest BCUT2D eigenvalue weighted by Gasteiger charge is -2.31. The molecule has 1 aliphatic rings. The molecule has 4 nitrogen and oxygen atoms in total. The Hall–Kier alpha value is -2.83. The van der Waals surface area contributed by atoms with Gasteiger partial charge in [-0.25, -0.2) is 0 Å². The lowest BCUT2D eigenvalue weighted by Crippen LogP contribution is -2.49. The van der Waals surface area contributed by atoms with Crippen LogP contribution in [0.3, 0.4) is 0 Å². The number of nitrogens with one attached hydrogen (secondary N) is 1. The molecular formula is C21H21F3N2O2. The van der Waals surface area contributed by atoms with Crippen LogP contribution in [0.5, 0.6) is 0 Å². The molecule has 2 amide bonds. The average molecular weight is 390 g/mol. The molecule has 0 saturated carbocycles. The van der Waals surface area contributed by atoms with Crippen molar-refractivity contribution < 1.29 is 22.8 Å². The van der Waals surface area contributed by atoms with Crippen LogP contribution in [0, 0.1) is 5.41 Å². The number of carbonyl (C=O) groups excluding carboxylic acids is 2. The van der Waals surface area contributed by atoms with Crippen molar-refractivity contribution in [3.8, 4) is 0 Å². The summed E-state index contributed by atoms with van der Waals surface area (Å²) in [5.41, 5.74) is 0.340. The zero-order chi connectivity index (χ0) is 20.7. The van der Waals surface area contributed by atoms with E-state index in [1.54, 1.807) is 32.9 Å². The summed E-state index contributed by atoms with van der Waals surface area (Å²) in [7, 11) is 0. The number of amides is 2. The van der Waals surface area contributed by atoms with Gasteiger partial charge in [-0.2, -0.15) is 13.2 Å². The van der Waals surface area contributed by atoms with Gasteiger partial charge in [0.05, 0.1) is 5.56 Å². The average Bonchev–Trinajstić information content (AvgIpc) is 2.99. The van der Waals surface area contributed by atoms with Crippen molar-refractivity contribution in [2.75, 3.05) is 10.2 Å². The van der Waals surface area contributed by atoms with Crippen LogP contribution < -0.4 is 10.2 Å². The summed E-state index contributed by atoms with van der Waals surface area (Å²) < 4.78 is 38.1. The van der Waals surface area contributed by atoms with Gasteiger partial charge in [-0.05, 0) is 35.9 Å². The molecule has 3 rings (SSSR count). The molecular weight excluding hydrogens is 369 g/mol. The fraction of sp³-hybridized carbons (Fsp3) is 0.333. The monoisotopic (exact) mass is 390 g/mol. The number of rotatable bonds is 2. The van der Waals surface area contributed by atoms with Gasteiger partial charge in [-0.1, -0.05) is 39.0 Å². The fourth-order valence-corrected chi connectivity index (χ4v) is 3.18. The third-order valence-electron chi connectivity index (χ3n) is 4.62. The number of hydrogen-bond acceptors (Lipinski definition) is 2. The standard InChI is InChI=1S/C21H21F3N2O2/c1-20(2,3)19(28)26-16-7-5-4-6-13(16)12-17(26)18(27)25-15-10-8-14(9-11-15)21(22,23)24/h4-11,17H,12H2,1-3H3,(H,25,27). The largest absolute Gasteiger partial charge is 0.416 e. The maximum absolute atomic E-state index is 13.0. The van der Waals surface area contributed by atoms with Crippen molar-refractivity contribution in [1.82, 2.24) is 0 Å². The lowest BCUT2D eigenvalue weighted by atomic mass is 9.94. The van der Waals surface area contributed by atoms with Gasteiger partial charge in [0.15, 0.2) is 0 Å². The summed E-state index contributed by atoms with van der Waals surface area (Å²) in [5.74, 6) is -0.626. The Morgan fingerprint density at radius 2 is 1.61 bits per heavy atom. The summed E-state index contributed by atoms with van der Waals surface area (Å²) in [6.07, 6.45) is -4.09. The van der Waals surface area contributed by atoms with Crippen LogP contribution >= 0.6 is 0 Å². The quantitative estimate of drug-likeness (QED) is 0.812. The number of halogens is 3. The van der Waals surface area contributed by atoms with Gasteiger partial charge < -0.3 is 5.32 Å². The molecule has 0 bridgehead atoms. The van der Waals surface area contributed by atoms with E-state index in [0.29, 0.717) is 12.1 Å².